The lowest BCUT2D eigenvalue weighted by Crippen LogP contribution is -2.58. The number of ketones is 5. The fourth-order valence-corrected chi connectivity index (χ4v) is 18.4. The summed E-state index contributed by atoms with van der Waals surface area (Å²) in [5.41, 5.74) is 4.17. The van der Waals surface area contributed by atoms with Crippen LogP contribution in [0.5, 0.6) is 0 Å². The molecule has 5 aliphatic heterocycles. The molecule has 2 aromatic rings. The van der Waals surface area contributed by atoms with E-state index < -0.39 is 188 Å². The molecule has 0 spiro atoms. The zero-order valence-electron chi connectivity index (χ0n) is 79.7. The number of nitrogens with one attached hydrogen (secondary N) is 2. The number of carbonyl (C=O) groups excluding carboxylic acids is 8. The first-order valence-corrected chi connectivity index (χ1v) is 51.8. The Hall–Kier alpha value is -5.43. The molecule has 0 radical (unpaired) electrons. The molecule has 136 heavy (non-hydrogen) atoms. The fraction of sp³-hybridized carbons (Fsp3) is 0.857. The van der Waals surface area contributed by atoms with Crippen LogP contribution in [0.25, 0.3) is 11.2 Å². The number of ether oxygens (including phenoxy) is 10. The van der Waals surface area contributed by atoms with Gasteiger partial charge < -0.3 is 148 Å². The third-order valence-corrected chi connectivity index (χ3v) is 28.2. The number of hydrogen-bond acceptors (Lipinski definition) is 39. The largest absolute Gasteiger partial charge is 0.778 e. The van der Waals surface area contributed by atoms with Crippen LogP contribution >= 0.6 is 15.4 Å². The predicted molar refractivity (Wildman–Crippen MR) is 484 cm³/mol. The number of nitrogens with zero attached hydrogens (tertiary/aromatic N) is 5. The topological polar surface area (TPSA) is 636 Å². The van der Waals surface area contributed by atoms with E-state index >= 15 is 0 Å². The number of amides is 3. The number of rotatable bonds is 73. The van der Waals surface area contributed by atoms with Crippen molar-refractivity contribution in [2.45, 2.75) is 375 Å². The normalized spacial score (nSPS) is 27.3. The Morgan fingerprint density at radius 1 is 0.485 bits per heavy atom. The number of Topliss-reactive ketones (excluding diaryl/α,β-unsaturated/α-hetero) is 5. The van der Waals surface area contributed by atoms with Gasteiger partial charge in [-0.3, -0.25) is 47.5 Å². The van der Waals surface area contributed by atoms with E-state index in [0.717, 1.165) is 0 Å². The van der Waals surface area contributed by atoms with E-state index in [1.54, 1.807) is 20.8 Å². The smallest absolute Gasteiger partial charge is 0.268 e. The standard InChI is InChI=1S/C91H156N8O35P2/c1-59(2)135(118,119)128-53-74-70(47-78(130-74)99-58-96-79-86(92)94-57-95-87(79)99)134-136(120,121)129-52-63-46-69(108)48-98(63)77(111)35-17-9-7-6-8-16-34-76(110)97-91(54-122-43-36-67(106)28-14-10-12-26-64(103)31-19-23-40-125-88-60(3)80(112)83(115)71(49-100)131-88,55-123-44-37-68(107)29-15-11-13-27-65(104)32-20-24-41-126-89-61(4)81(113)84(116)72(50-101)132-89)56-124-45-38-75(109)93-39-22-18-30-66(105)33-21-25-42-127-90-62(5)82(114)85(117)73(51-102)133-90/h57-63,69-74,78,80-85,88-90,100-102,108,112-117H,6-56H2,1-5H3,(H,93,109)(H,97,110)(H,118,119)(H,120,121)(H2,92,94,95)/p-2/t60?,61?,62?,63-,69+,70-,71?,72?,73?,74+,78+,80+,81+,82+,83-,84-,85-,88+,89+,90+,91?/m0/s1. The minimum Gasteiger partial charge on any atom is -0.778 e. The van der Waals surface area contributed by atoms with Gasteiger partial charge in [-0.1, -0.05) is 73.1 Å². The molecule has 14 N–H and O–H groups in total. The van der Waals surface area contributed by atoms with Crippen LogP contribution in [0.3, 0.4) is 0 Å². The number of aromatic nitrogens is 4. The predicted octanol–water partition coefficient (Wildman–Crippen LogP) is 3.52. The maximum atomic E-state index is 14.3. The Kier molecular flexibility index (Phi) is 53.7. The van der Waals surface area contributed by atoms with Gasteiger partial charge in [-0.2, -0.15) is 0 Å². The lowest BCUT2D eigenvalue weighted by molar-refractivity contribution is -0.282. The van der Waals surface area contributed by atoms with Crippen LogP contribution in [0, 0.1) is 17.8 Å². The van der Waals surface area contributed by atoms with Gasteiger partial charge in [-0.25, -0.2) is 15.0 Å². The minimum absolute atomic E-state index is 0.00935. The minimum atomic E-state index is -5.23. The zero-order valence-corrected chi connectivity index (χ0v) is 81.5. The van der Waals surface area contributed by atoms with Gasteiger partial charge in [0.2, 0.25) is 17.7 Å². The van der Waals surface area contributed by atoms with Crippen molar-refractivity contribution >= 4 is 79.0 Å². The summed E-state index contributed by atoms with van der Waals surface area (Å²) < 4.78 is 103. The van der Waals surface area contributed by atoms with Crippen LogP contribution in [0.1, 0.15) is 266 Å². The molecule has 780 valence electrons. The number of likely N-dealkylation sites (tertiary alicyclic amines) is 1. The Balaban J connectivity index is 0.890. The molecule has 22 atom stereocenters. The summed E-state index contributed by atoms with van der Waals surface area (Å²) in [5.74, 6) is -2.64. The first kappa shape index (κ1) is 118. The van der Waals surface area contributed by atoms with Crippen molar-refractivity contribution in [3.63, 3.8) is 0 Å². The summed E-state index contributed by atoms with van der Waals surface area (Å²) in [5, 5.41) is 107. The molecule has 5 fully saturated rings. The number of carbonyl (C=O) groups is 8. The number of anilines is 1. The second-order valence-corrected chi connectivity index (χ2v) is 40.7. The second-order valence-electron chi connectivity index (χ2n) is 37.0. The summed E-state index contributed by atoms with van der Waals surface area (Å²) in [6.07, 6.45) is -1.10. The molecule has 0 bridgehead atoms. The number of aliphatic hydroxyl groups is 10. The number of β-amino-alcohol motifs (C(OH)–C–C–N with tert-alkyl or cyclic N) is 1. The first-order valence-electron chi connectivity index (χ1n) is 48.8. The maximum Gasteiger partial charge on any atom is 0.268 e. The number of aliphatic hydroxyl groups excluding tert-OH is 10. The monoisotopic (exact) mass is 1980 g/mol. The first-order chi connectivity index (χ1) is 65.0. The van der Waals surface area contributed by atoms with Gasteiger partial charge in [0.15, 0.2) is 30.3 Å². The number of imidazole rings is 1. The van der Waals surface area contributed by atoms with E-state index in [1.807, 2.05) is 0 Å². The van der Waals surface area contributed by atoms with E-state index in [9.17, 15) is 108 Å². The van der Waals surface area contributed by atoms with E-state index in [2.05, 4.69) is 25.6 Å². The SMILES string of the molecule is CC1[C@H](OCCCCC(=O)CCCCCC(=O)CCOCC(COCCC(=O)CCCCCC(=O)CCCCO[C@@H]2OC(CO)[C@H](O)[C@H](O)C2C)(COCCC(=O)NCCCCC(=O)CCCCO[C@@H]2OC(CO)[C@H](O)[C@H](O)C2C)NC(=O)CCCCCCCCC(=O)N2C[C@H](O)C[C@H]2COP(=O)([O-])O[C@H]2C[C@H](n3cnc4c(N)ncnc43)O[C@@H]2COP(=O)([O-])C(C)C)OC(CO)[C@H](O)[C@@H]1O. The molecule has 43 nitrogen and oxygen atoms in total. The maximum absolute atomic E-state index is 14.3. The molecule has 3 amide bonds. The number of phosphoric acid groups is 1. The van der Waals surface area contributed by atoms with Gasteiger partial charge >= 0.3 is 0 Å². The summed E-state index contributed by atoms with van der Waals surface area (Å²) in [7, 11) is -9.64. The average Bonchev–Trinajstić information content (AvgIpc) is 1.62. The third-order valence-electron chi connectivity index (χ3n) is 25.4. The third kappa shape index (κ3) is 40.8. The van der Waals surface area contributed by atoms with Gasteiger partial charge in [0.1, 0.15) is 103 Å². The van der Waals surface area contributed by atoms with Crippen molar-refractivity contribution in [1.29, 1.82) is 0 Å². The van der Waals surface area contributed by atoms with Crippen molar-refractivity contribution in [1.82, 2.24) is 35.1 Å². The molecule has 5 aliphatic rings. The van der Waals surface area contributed by atoms with Crippen LogP contribution in [-0.2, 0) is 108 Å². The summed E-state index contributed by atoms with van der Waals surface area (Å²) in [6, 6.07) is -0.850. The van der Waals surface area contributed by atoms with Gasteiger partial charge in [0, 0.05) is 146 Å². The highest BCUT2D eigenvalue weighted by molar-refractivity contribution is 7.52. The molecule has 8 unspecified atom stereocenters. The van der Waals surface area contributed by atoms with Crippen LogP contribution in [-0.4, -0.2) is 337 Å². The molecule has 2 aromatic heterocycles. The number of nitrogen functional groups attached to an aromatic ring is 1. The quantitative estimate of drug-likeness (QED) is 0.0333. The Morgan fingerprint density at radius 3 is 1.35 bits per heavy atom. The molecule has 7 heterocycles. The highest BCUT2D eigenvalue weighted by Gasteiger charge is 2.47. The van der Waals surface area contributed by atoms with Crippen molar-refractivity contribution < 1.29 is 169 Å². The van der Waals surface area contributed by atoms with E-state index in [1.165, 1.54) is 36.0 Å². The summed E-state index contributed by atoms with van der Waals surface area (Å²) in [6.45, 7) is 5.28. The number of hydrogen-bond donors (Lipinski definition) is 13. The van der Waals surface area contributed by atoms with Crippen LogP contribution in [0.2, 0.25) is 0 Å². The molecule has 0 saturated carbocycles. The number of phosphoric ester groups is 1. The van der Waals surface area contributed by atoms with Crippen molar-refractivity contribution in [3.05, 3.63) is 12.7 Å². The highest BCUT2D eigenvalue weighted by atomic mass is 31.2. The average molecular weight is 1980 g/mol. The Morgan fingerprint density at radius 2 is 0.897 bits per heavy atom. The summed E-state index contributed by atoms with van der Waals surface area (Å²) in [4.78, 5) is 146. The fourth-order valence-electron chi connectivity index (χ4n) is 16.7. The van der Waals surface area contributed by atoms with Gasteiger partial charge in [0.05, 0.1) is 116 Å². The van der Waals surface area contributed by atoms with E-state index in [-0.39, 0.29) is 188 Å². The lowest BCUT2D eigenvalue weighted by Gasteiger charge is -2.40. The molecule has 0 aromatic carbocycles. The van der Waals surface area contributed by atoms with Gasteiger partial charge in [-0.15, -0.1) is 0 Å². The van der Waals surface area contributed by atoms with Crippen molar-refractivity contribution in [2.75, 3.05) is 111 Å². The van der Waals surface area contributed by atoms with Crippen molar-refractivity contribution in [3.8, 4) is 0 Å². The van der Waals surface area contributed by atoms with Gasteiger partial charge in [-0.05, 0) is 96.3 Å². The molecular weight excluding hydrogens is 1830 g/mol. The number of fused-ring (bicyclic) bond motifs is 1. The van der Waals surface area contributed by atoms with Crippen LogP contribution in [0.15, 0.2) is 12.7 Å². The number of nitrogens with two attached hydrogens (primary N) is 1. The van der Waals surface area contributed by atoms with Crippen molar-refractivity contribution in [2.24, 2.45) is 17.8 Å². The summed E-state index contributed by atoms with van der Waals surface area (Å²) >= 11 is 0. The molecule has 7 rings (SSSR count). The Labute approximate surface area is 796 Å². The Bertz CT molecular complexity index is 3760. The molecule has 0 aliphatic carbocycles. The zero-order chi connectivity index (χ0) is 99.3. The molecular formula is C91H154N8O35P2-2. The van der Waals surface area contributed by atoms with Crippen LogP contribution in [0.4, 0.5) is 5.82 Å². The second kappa shape index (κ2) is 62.2. The number of unbranched alkanes of at least 4 members (excludes halogenated alkanes) is 13. The molecule has 5 saturated heterocycles. The van der Waals surface area contributed by atoms with Crippen LogP contribution < -0.4 is 26.2 Å². The lowest BCUT2D eigenvalue weighted by atomic mass is 9.92. The molecule has 45 heteroatoms. The van der Waals surface area contributed by atoms with Gasteiger partial charge in [0.25, 0.3) is 7.82 Å². The highest BCUT2D eigenvalue weighted by Crippen LogP contribution is 2.49. The van der Waals surface area contributed by atoms with E-state index in [0.29, 0.717) is 167 Å². The van der Waals surface area contributed by atoms with E-state index in [4.69, 9.17) is 66.7 Å².